The van der Waals surface area contributed by atoms with Crippen molar-refractivity contribution in [3.8, 4) is 5.75 Å². The Labute approximate surface area is 162 Å². The zero-order valence-corrected chi connectivity index (χ0v) is 16.5. The highest BCUT2D eigenvalue weighted by atomic mass is 35.5. The first kappa shape index (κ1) is 20.1. The summed E-state index contributed by atoms with van der Waals surface area (Å²) in [5.74, 6) is -0.436. The predicted molar refractivity (Wildman–Crippen MR) is 105 cm³/mol. The third-order valence-electron chi connectivity index (χ3n) is 3.86. The van der Waals surface area contributed by atoms with Crippen molar-refractivity contribution in [2.45, 2.75) is 20.8 Å². The molecule has 0 spiro atoms. The van der Waals surface area contributed by atoms with E-state index in [-0.39, 0.29) is 0 Å². The van der Waals surface area contributed by atoms with Crippen LogP contribution >= 0.6 is 23.2 Å². The molecule has 0 heterocycles. The molecule has 2 rings (SSSR count). The fourth-order valence-electron chi connectivity index (χ4n) is 2.21. The lowest BCUT2D eigenvalue weighted by Crippen LogP contribution is -2.41. The number of carbonyl (C=O) groups excluding carboxylic acids is 2. The van der Waals surface area contributed by atoms with Crippen LogP contribution in [0.15, 0.2) is 36.4 Å². The third-order valence-corrected chi connectivity index (χ3v) is 4.30. The topological polar surface area (TPSA) is 67.4 Å². The number of carbonyl (C=O) groups is 2. The maximum absolute atomic E-state index is 12.7. The Balaban J connectivity index is 2.18. The van der Waals surface area contributed by atoms with Gasteiger partial charge in [-0.2, -0.15) is 0 Å². The van der Waals surface area contributed by atoms with Gasteiger partial charge in [-0.05, 0) is 56.7 Å². The van der Waals surface area contributed by atoms with Crippen LogP contribution in [0.4, 0.5) is 11.4 Å². The van der Waals surface area contributed by atoms with Crippen molar-refractivity contribution in [1.29, 1.82) is 0 Å². The summed E-state index contributed by atoms with van der Waals surface area (Å²) >= 11 is 11.9. The third kappa shape index (κ3) is 4.68. The maximum atomic E-state index is 12.7. The second-order valence-corrected chi connectivity index (χ2v) is 7.27. The Morgan fingerprint density at radius 2 is 1.54 bits per heavy atom. The number of methoxy groups -OCH3 is 1. The minimum atomic E-state index is -1.34. The van der Waals surface area contributed by atoms with Gasteiger partial charge < -0.3 is 15.4 Å². The van der Waals surface area contributed by atoms with Gasteiger partial charge in [0.05, 0.1) is 12.8 Å². The van der Waals surface area contributed by atoms with Gasteiger partial charge in [-0.1, -0.05) is 29.3 Å². The molecule has 5 nitrogen and oxygen atoms in total. The first-order valence-electron chi connectivity index (χ1n) is 7.87. The molecule has 0 radical (unpaired) electrons. The molecule has 2 amide bonds. The maximum Gasteiger partial charge on any atom is 0.239 e. The number of ether oxygens (including phenoxy) is 1. The molecule has 0 aliphatic heterocycles. The Bertz CT molecular complexity index is 830. The molecule has 0 saturated carbocycles. The Kier molecular flexibility index (Phi) is 6.16. The van der Waals surface area contributed by atoms with Crippen molar-refractivity contribution < 1.29 is 14.3 Å². The highest BCUT2D eigenvalue weighted by Gasteiger charge is 2.36. The van der Waals surface area contributed by atoms with Gasteiger partial charge in [-0.15, -0.1) is 0 Å². The first-order valence-corrected chi connectivity index (χ1v) is 8.62. The van der Waals surface area contributed by atoms with Crippen molar-refractivity contribution >= 4 is 46.4 Å². The number of amides is 2. The highest BCUT2D eigenvalue weighted by Crippen LogP contribution is 2.29. The molecule has 2 N–H and O–H groups in total. The molecule has 0 atom stereocenters. The van der Waals surface area contributed by atoms with Crippen LogP contribution in [-0.2, 0) is 9.59 Å². The molecule has 2 aromatic carbocycles. The quantitative estimate of drug-likeness (QED) is 0.707. The van der Waals surface area contributed by atoms with E-state index in [1.54, 1.807) is 30.3 Å². The number of nitrogens with one attached hydrogen (secondary N) is 2. The van der Waals surface area contributed by atoms with Gasteiger partial charge >= 0.3 is 0 Å². The zero-order chi connectivity index (χ0) is 19.5. The van der Waals surface area contributed by atoms with E-state index in [9.17, 15) is 9.59 Å². The van der Waals surface area contributed by atoms with E-state index in [0.29, 0.717) is 27.2 Å². The summed E-state index contributed by atoms with van der Waals surface area (Å²) in [7, 11) is 1.51. The second-order valence-electron chi connectivity index (χ2n) is 6.40. The molecule has 26 heavy (non-hydrogen) atoms. The number of anilines is 2. The van der Waals surface area contributed by atoms with Crippen LogP contribution in [0, 0.1) is 12.3 Å². The smallest absolute Gasteiger partial charge is 0.239 e. The van der Waals surface area contributed by atoms with E-state index in [1.165, 1.54) is 21.0 Å². The fraction of sp³-hybridized carbons (Fsp3) is 0.263. The normalized spacial score (nSPS) is 11.0. The molecular formula is C19H20Cl2N2O3. The van der Waals surface area contributed by atoms with Crippen LogP contribution in [-0.4, -0.2) is 18.9 Å². The van der Waals surface area contributed by atoms with E-state index in [1.807, 2.05) is 13.0 Å². The molecule has 7 heteroatoms. The zero-order valence-electron chi connectivity index (χ0n) is 14.9. The molecule has 0 saturated heterocycles. The summed E-state index contributed by atoms with van der Waals surface area (Å²) in [6, 6.07) is 10.1. The van der Waals surface area contributed by atoms with Gasteiger partial charge in [0.15, 0.2) is 0 Å². The van der Waals surface area contributed by atoms with E-state index >= 15 is 0 Å². The van der Waals surface area contributed by atoms with Crippen LogP contribution in [0.5, 0.6) is 5.75 Å². The Hall–Kier alpha value is -2.24. The monoisotopic (exact) mass is 394 g/mol. The molecule has 0 aromatic heterocycles. The molecule has 0 unspecified atom stereocenters. The van der Waals surface area contributed by atoms with Crippen LogP contribution < -0.4 is 15.4 Å². The minimum Gasteiger partial charge on any atom is -0.495 e. The van der Waals surface area contributed by atoms with Gasteiger partial charge in [0.25, 0.3) is 0 Å². The molecular weight excluding hydrogens is 375 g/mol. The molecule has 138 valence electrons. The van der Waals surface area contributed by atoms with E-state index < -0.39 is 17.2 Å². The lowest BCUT2D eigenvalue weighted by atomic mass is 9.90. The minimum absolute atomic E-state index is 0.388. The summed E-state index contributed by atoms with van der Waals surface area (Å²) in [6.07, 6.45) is 0. The largest absolute Gasteiger partial charge is 0.495 e. The summed E-state index contributed by atoms with van der Waals surface area (Å²) in [5.41, 5.74) is 0.534. The van der Waals surface area contributed by atoms with Crippen molar-refractivity contribution in [2.24, 2.45) is 5.41 Å². The van der Waals surface area contributed by atoms with Crippen LogP contribution in [0.2, 0.25) is 10.0 Å². The number of halogens is 2. The first-order chi connectivity index (χ1) is 12.1. The second kappa shape index (κ2) is 7.98. The summed E-state index contributed by atoms with van der Waals surface area (Å²) in [4.78, 5) is 25.3. The Morgan fingerprint density at radius 3 is 2.12 bits per heavy atom. The van der Waals surface area contributed by atoms with Gasteiger partial charge in [-0.25, -0.2) is 0 Å². The van der Waals surface area contributed by atoms with Crippen LogP contribution in [0.3, 0.4) is 0 Å². The average Bonchev–Trinajstić information content (AvgIpc) is 2.53. The SMILES string of the molecule is COc1ccc(C)cc1NC(=O)C(C)(C)C(=O)Nc1cc(Cl)cc(Cl)c1. The molecule has 0 aliphatic rings. The van der Waals surface area contributed by atoms with Crippen molar-refractivity contribution in [1.82, 2.24) is 0 Å². The Morgan fingerprint density at radius 1 is 0.962 bits per heavy atom. The van der Waals surface area contributed by atoms with Gasteiger partial charge in [0.1, 0.15) is 11.2 Å². The number of hydrogen-bond acceptors (Lipinski definition) is 3. The summed E-state index contributed by atoms with van der Waals surface area (Å²) in [5, 5.41) is 6.20. The van der Waals surface area contributed by atoms with Crippen LogP contribution in [0.25, 0.3) is 0 Å². The van der Waals surface area contributed by atoms with Crippen molar-refractivity contribution in [3.05, 3.63) is 52.0 Å². The highest BCUT2D eigenvalue weighted by molar-refractivity contribution is 6.35. The lowest BCUT2D eigenvalue weighted by molar-refractivity contribution is -0.135. The summed E-state index contributed by atoms with van der Waals surface area (Å²) < 4.78 is 5.25. The van der Waals surface area contributed by atoms with Gasteiger partial charge in [-0.3, -0.25) is 9.59 Å². The van der Waals surface area contributed by atoms with E-state index in [2.05, 4.69) is 10.6 Å². The van der Waals surface area contributed by atoms with E-state index in [4.69, 9.17) is 27.9 Å². The standard InChI is InChI=1S/C19H20Cl2N2O3/c1-11-5-6-16(26-4)15(7-11)23-18(25)19(2,3)17(24)22-14-9-12(20)8-13(21)10-14/h5-10H,1-4H3,(H,22,24)(H,23,25). The molecule has 2 aromatic rings. The van der Waals surface area contributed by atoms with Crippen molar-refractivity contribution in [2.75, 3.05) is 17.7 Å². The average molecular weight is 395 g/mol. The van der Waals surface area contributed by atoms with Crippen LogP contribution in [0.1, 0.15) is 19.4 Å². The number of hydrogen-bond donors (Lipinski definition) is 2. The lowest BCUT2D eigenvalue weighted by Gasteiger charge is -2.23. The number of benzene rings is 2. The molecule has 0 bridgehead atoms. The van der Waals surface area contributed by atoms with Gasteiger partial charge in [0.2, 0.25) is 11.8 Å². The van der Waals surface area contributed by atoms with Crippen molar-refractivity contribution in [3.63, 3.8) is 0 Å². The summed E-state index contributed by atoms with van der Waals surface area (Å²) in [6.45, 7) is 4.97. The molecule has 0 aliphatic carbocycles. The molecule has 0 fully saturated rings. The number of aryl methyl sites for hydroxylation is 1. The number of rotatable bonds is 5. The van der Waals surface area contributed by atoms with Gasteiger partial charge in [0, 0.05) is 15.7 Å². The van der Waals surface area contributed by atoms with E-state index in [0.717, 1.165) is 5.56 Å². The fourth-order valence-corrected chi connectivity index (χ4v) is 2.74. The predicted octanol–water partition coefficient (Wildman–Crippen LogP) is 4.91.